The molecule has 2 heterocycles. The maximum absolute atomic E-state index is 12.1. The molecule has 0 radical (unpaired) electrons. The van der Waals surface area contributed by atoms with Crippen molar-refractivity contribution >= 4 is 23.2 Å². The van der Waals surface area contributed by atoms with E-state index in [1.54, 1.807) is 24.9 Å². The first-order valence-electron chi connectivity index (χ1n) is 9.59. The Balaban J connectivity index is 1.58. The number of aromatic amines is 1. The zero-order chi connectivity index (χ0) is 21.1. The standard InChI is InChI=1S/C22H22N4O4/c1-4-11-26-17-8-7-15(13-16(17)23-22(26)27)21-24-20(30-25-21)10-6-14-5-9-18(28-2)19(12-14)29-3/h5-10,12-13H,4,11H2,1-3H3,(H,23,27)/b10-6+. The third-order valence-electron chi connectivity index (χ3n) is 4.75. The second-order valence-corrected chi connectivity index (χ2v) is 6.72. The number of benzene rings is 2. The Bertz CT molecular complexity index is 1270. The fourth-order valence-electron chi connectivity index (χ4n) is 3.29. The number of aromatic nitrogens is 4. The number of aryl methyl sites for hydroxylation is 1. The topological polar surface area (TPSA) is 95.2 Å². The summed E-state index contributed by atoms with van der Waals surface area (Å²) < 4.78 is 17.6. The minimum Gasteiger partial charge on any atom is -0.493 e. The molecule has 30 heavy (non-hydrogen) atoms. The van der Waals surface area contributed by atoms with E-state index in [1.807, 2.05) is 49.4 Å². The number of nitrogens with one attached hydrogen (secondary N) is 1. The average Bonchev–Trinajstić information content (AvgIpc) is 3.36. The van der Waals surface area contributed by atoms with Crippen LogP contribution >= 0.6 is 0 Å². The molecule has 0 amide bonds. The van der Waals surface area contributed by atoms with Gasteiger partial charge in [-0.15, -0.1) is 0 Å². The van der Waals surface area contributed by atoms with Gasteiger partial charge in [0.15, 0.2) is 11.5 Å². The minimum absolute atomic E-state index is 0.115. The molecule has 0 aliphatic heterocycles. The van der Waals surface area contributed by atoms with Crippen LogP contribution in [-0.2, 0) is 6.54 Å². The van der Waals surface area contributed by atoms with Gasteiger partial charge in [-0.1, -0.05) is 18.1 Å². The van der Waals surface area contributed by atoms with Crippen LogP contribution in [0.15, 0.2) is 45.7 Å². The van der Waals surface area contributed by atoms with Gasteiger partial charge in [-0.3, -0.25) is 4.57 Å². The second kappa shape index (κ2) is 8.28. The Morgan fingerprint density at radius 2 is 1.93 bits per heavy atom. The van der Waals surface area contributed by atoms with Crippen molar-refractivity contribution in [2.24, 2.45) is 0 Å². The summed E-state index contributed by atoms with van der Waals surface area (Å²) in [5, 5.41) is 4.05. The summed E-state index contributed by atoms with van der Waals surface area (Å²) >= 11 is 0. The van der Waals surface area contributed by atoms with Gasteiger partial charge in [-0.05, 0) is 48.4 Å². The Kier molecular flexibility index (Phi) is 5.38. The SMILES string of the molecule is CCCn1c(=O)[nH]c2cc(-c3noc(/C=C/c4ccc(OC)c(OC)c4)n3)ccc21. The van der Waals surface area contributed by atoms with Gasteiger partial charge in [-0.25, -0.2) is 4.79 Å². The maximum Gasteiger partial charge on any atom is 0.326 e. The van der Waals surface area contributed by atoms with E-state index in [4.69, 9.17) is 14.0 Å². The molecule has 0 saturated carbocycles. The summed E-state index contributed by atoms with van der Waals surface area (Å²) in [6.45, 7) is 2.71. The molecule has 0 aliphatic rings. The molecule has 154 valence electrons. The molecule has 0 spiro atoms. The van der Waals surface area contributed by atoms with Crippen LogP contribution in [0.3, 0.4) is 0 Å². The fourth-order valence-corrected chi connectivity index (χ4v) is 3.29. The zero-order valence-electron chi connectivity index (χ0n) is 17.0. The smallest absolute Gasteiger partial charge is 0.326 e. The lowest BCUT2D eigenvalue weighted by atomic mass is 10.2. The van der Waals surface area contributed by atoms with Gasteiger partial charge >= 0.3 is 5.69 Å². The van der Waals surface area contributed by atoms with Crippen molar-refractivity contribution in [2.75, 3.05) is 14.2 Å². The third-order valence-corrected chi connectivity index (χ3v) is 4.75. The molecule has 0 unspecified atom stereocenters. The zero-order valence-corrected chi connectivity index (χ0v) is 17.0. The molecule has 1 N–H and O–H groups in total. The summed E-state index contributed by atoms with van der Waals surface area (Å²) in [6.07, 6.45) is 4.47. The quantitative estimate of drug-likeness (QED) is 0.499. The van der Waals surface area contributed by atoms with Crippen molar-refractivity contribution in [1.82, 2.24) is 19.7 Å². The van der Waals surface area contributed by atoms with E-state index in [-0.39, 0.29) is 5.69 Å². The van der Waals surface area contributed by atoms with E-state index in [1.165, 1.54) is 0 Å². The van der Waals surface area contributed by atoms with E-state index in [2.05, 4.69) is 15.1 Å². The molecule has 0 bridgehead atoms. The monoisotopic (exact) mass is 406 g/mol. The number of hydrogen-bond acceptors (Lipinski definition) is 6. The van der Waals surface area contributed by atoms with Crippen LogP contribution in [0.25, 0.3) is 34.6 Å². The van der Waals surface area contributed by atoms with Gasteiger partial charge in [0.25, 0.3) is 5.89 Å². The van der Waals surface area contributed by atoms with Crippen molar-refractivity contribution in [1.29, 1.82) is 0 Å². The van der Waals surface area contributed by atoms with Crippen molar-refractivity contribution in [3.8, 4) is 22.9 Å². The summed E-state index contributed by atoms with van der Waals surface area (Å²) in [5.74, 6) is 2.13. The lowest BCUT2D eigenvalue weighted by molar-refractivity contribution is 0.355. The number of H-pyrrole nitrogens is 1. The van der Waals surface area contributed by atoms with Crippen LogP contribution in [-0.4, -0.2) is 33.9 Å². The van der Waals surface area contributed by atoms with Crippen molar-refractivity contribution in [2.45, 2.75) is 19.9 Å². The van der Waals surface area contributed by atoms with Crippen LogP contribution in [0.2, 0.25) is 0 Å². The lowest BCUT2D eigenvalue weighted by Gasteiger charge is -2.07. The van der Waals surface area contributed by atoms with Crippen LogP contribution in [0, 0.1) is 0 Å². The molecule has 2 aromatic heterocycles. The van der Waals surface area contributed by atoms with Crippen LogP contribution in [0.4, 0.5) is 0 Å². The summed E-state index contributed by atoms with van der Waals surface area (Å²) in [4.78, 5) is 19.4. The van der Waals surface area contributed by atoms with E-state index in [0.29, 0.717) is 29.8 Å². The molecule has 2 aromatic carbocycles. The molecule has 4 aromatic rings. The van der Waals surface area contributed by atoms with E-state index in [0.717, 1.165) is 28.6 Å². The summed E-state index contributed by atoms with van der Waals surface area (Å²) in [7, 11) is 3.19. The molecular formula is C22H22N4O4. The number of hydrogen-bond donors (Lipinski definition) is 1. The molecule has 0 fully saturated rings. The molecular weight excluding hydrogens is 384 g/mol. The van der Waals surface area contributed by atoms with Gasteiger partial charge in [-0.2, -0.15) is 4.98 Å². The first kappa shape index (κ1) is 19.5. The van der Waals surface area contributed by atoms with E-state index < -0.39 is 0 Å². The highest BCUT2D eigenvalue weighted by Crippen LogP contribution is 2.28. The molecule has 4 rings (SSSR count). The molecule has 0 atom stereocenters. The normalized spacial score (nSPS) is 11.4. The van der Waals surface area contributed by atoms with Gasteiger partial charge in [0.05, 0.1) is 25.3 Å². The highest BCUT2D eigenvalue weighted by molar-refractivity contribution is 5.80. The Morgan fingerprint density at radius 3 is 2.70 bits per heavy atom. The predicted octanol–water partition coefficient (Wildman–Crippen LogP) is 3.98. The number of rotatable bonds is 7. The number of methoxy groups -OCH3 is 2. The summed E-state index contributed by atoms with van der Waals surface area (Å²) in [6, 6.07) is 11.2. The maximum atomic E-state index is 12.1. The first-order valence-corrected chi connectivity index (χ1v) is 9.59. The van der Waals surface area contributed by atoms with Crippen LogP contribution in [0.5, 0.6) is 11.5 Å². The number of nitrogens with zero attached hydrogens (tertiary/aromatic N) is 3. The number of fused-ring (bicyclic) bond motifs is 1. The molecule has 8 nitrogen and oxygen atoms in total. The predicted molar refractivity (Wildman–Crippen MR) is 115 cm³/mol. The Labute approximate surface area is 172 Å². The fraction of sp³-hybridized carbons (Fsp3) is 0.227. The van der Waals surface area contributed by atoms with Crippen molar-refractivity contribution < 1.29 is 14.0 Å². The molecule has 0 saturated heterocycles. The number of imidazole rings is 1. The minimum atomic E-state index is -0.115. The highest BCUT2D eigenvalue weighted by Gasteiger charge is 2.11. The van der Waals surface area contributed by atoms with E-state index in [9.17, 15) is 4.79 Å². The lowest BCUT2D eigenvalue weighted by Crippen LogP contribution is -2.16. The summed E-state index contributed by atoms with van der Waals surface area (Å²) in [5.41, 5.74) is 3.17. The van der Waals surface area contributed by atoms with Crippen molar-refractivity contribution in [3.63, 3.8) is 0 Å². The Morgan fingerprint density at radius 1 is 1.10 bits per heavy atom. The van der Waals surface area contributed by atoms with Gasteiger partial charge in [0, 0.05) is 18.2 Å². The van der Waals surface area contributed by atoms with Crippen molar-refractivity contribution in [3.05, 3.63) is 58.3 Å². The first-order chi connectivity index (χ1) is 14.6. The highest BCUT2D eigenvalue weighted by atomic mass is 16.5. The van der Waals surface area contributed by atoms with Gasteiger partial charge < -0.3 is 19.0 Å². The van der Waals surface area contributed by atoms with Gasteiger partial charge in [0.2, 0.25) is 5.82 Å². The van der Waals surface area contributed by atoms with Crippen LogP contribution < -0.4 is 15.2 Å². The second-order valence-electron chi connectivity index (χ2n) is 6.72. The molecule has 0 aliphatic carbocycles. The number of ether oxygens (including phenoxy) is 2. The van der Waals surface area contributed by atoms with E-state index >= 15 is 0 Å². The van der Waals surface area contributed by atoms with Crippen LogP contribution in [0.1, 0.15) is 24.8 Å². The largest absolute Gasteiger partial charge is 0.493 e. The average molecular weight is 406 g/mol. The Hall–Kier alpha value is -3.81. The third kappa shape index (κ3) is 3.71. The van der Waals surface area contributed by atoms with Gasteiger partial charge in [0.1, 0.15) is 0 Å². The molecule has 8 heteroatoms.